The fraction of sp³-hybridized carbons (Fsp3) is 0.444. The van der Waals surface area contributed by atoms with Crippen LogP contribution in [0.1, 0.15) is 50.2 Å². The maximum Gasteiger partial charge on any atom is 0.311 e. The summed E-state index contributed by atoms with van der Waals surface area (Å²) >= 11 is 0. The van der Waals surface area contributed by atoms with Crippen LogP contribution in [0.15, 0.2) is 35.6 Å². The lowest BCUT2D eigenvalue weighted by Crippen LogP contribution is -2.34. The summed E-state index contributed by atoms with van der Waals surface area (Å²) in [6.45, 7) is 6.10. The molecule has 110 valence electrons. The second kappa shape index (κ2) is 4.83. The first-order valence-electron chi connectivity index (χ1n) is 7.40. The van der Waals surface area contributed by atoms with Gasteiger partial charge in [-0.2, -0.15) is 0 Å². The van der Waals surface area contributed by atoms with Gasteiger partial charge < -0.3 is 4.74 Å². The Morgan fingerprint density at radius 1 is 1.14 bits per heavy atom. The summed E-state index contributed by atoms with van der Waals surface area (Å²) in [5.41, 5.74) is 2.77. The molecule has 3 heteroatoms. The molecule has 1 aliphatic carbocycles. The van der Waals surface area contributed by atoms with Crippen molar-refractivity contribution in [3.8, 4) is 0 Å². The molecule has 0 saturated carbocycles. The van der Waals surface area contributed by atoms with Gasteiger partial charge in [-0.15, -0.1) is 0 Å². The second-order valence-electron chi connectivity index (χ2n) is 6.87. The van der Waals surface area contributed by atoms with Crippen LogP contribution in [0.2, 0.25) is 0 Å². The molecule has 0 N–H and O–H groups in total. The van der Waals surface area contributed by atoms with Crippen molar-refractivity contribution in [3.05, 3.63) is 46.7 Å². The molecule has 1 aromatic carbocycles. The number of carbonyl (C=O) groups excluding carboxylic acids is 2. The number of Topliss-reactive ketones (excluding diaryl/α,β-unsaturated/α-hetero) is 1. The van der Waals surface area contributed by atoms with Gasteiger partial charge >= 0.3 is 5.97 Å². The molecular weight excluding hydrogens is 264 g/mol. The van der Waals surface area contributed by atoms with E-state index >= 15 is 0 Å². The maximum absolute atomic E-state index is 12.6. The van der Waals surface area contributed by atoms with E-state index in [2.05, 4.69) is 0 Å². The number of ketones is 1. The van der Waals surface area contributed by atoms with E-state index in [0.717, 1.165) is 16.7 Å². The number of rotatable bonds is 1. The Morgan fingerprint density at radius 3 is 2.57 bits per heavy atom. The standard InChI is InChI=1S/C18H20O3/c1-11-6-4-5-7-12(11)13-8-16(20)21-15-10-18(2,3)9-14(19)17(13)15/h4-7,13H,8-10H2,1-3H3. The normalized spacial score (nSPS) is 24.6. The third-order valence-electron chi connectivity index (χ3n) is 4.40. The predicted molar refractivity (Wildman–Crippen MR) is 79.7 cm³/mol. The molecule has 0 saturated heterocycles. The number of allylic oxidation sites excluding steroid dienone is 2. The van der Waals surface area contributed by atoms with Crippen molar-refractivity contribution >= 4 is 11.8 Å². The van der Waals surface area contributed by atoms with Crippen molar-refractivity contribution in [3.63, 3.8) is 0 Å². The van der Waals surface area contributed by atoms with Gasteiger partial charge in [0.05, 0.1) is 6.42 Å². The zero-order valence-electron chi connectivity index (χ0n) is 12.7. The van der Waals surface area contributed by atoms with Crippen LogP contribution in [0, 0.1) is 12.3 Å². The summed E-state index contributed by atoms with van der Waals surface area (Å²) in [7, 11) is 0. The highest BCUT2D eigenvalue weighted by Gasteiger charge is 2.42. The summed E-state index contributed by atoms with van der Waals surface area (Å²) < 4.78 is 5.41. The molecule has 1 atom stereocenters. The molecule has 1 heterocycles. The van der Waals surface area contributed by atoms with Crippen molar-refractivity contribution in [1.82, 2.24) is 0 Å². The molecule has 0 fully saturated rings. The van der Waals surface area contributed by atoms with Gasteiger partial charge in [-0.3, -0.25) is 9.59 Å². The van der Waals surface area contributed by atoms with Crippen molar-refractivity contribution in [2.75, 3.05) is 0 Å². The smallest absolute Gasteiger partial charge is 0.311 e. The van der Waals surface area contributed by atoms with Gasteiger partial charge in [0.1, 0.15) is 5.76 Å². The Kier molecular flexibility index (Phi) is 3.23. The molecule has 1 unspecified atom stereocenters. The zero-order valence-corrected chi connectivity index (χ0v) is 12.7. The van der Waals surface area contributed by atoms with Gasteiger partial charge in [0.2, 0.25) is 0 Å². The molecule has 3 rings (SSSR count). The molecule has 0 amide bonds. The Morgan fingerprint density at radius 2 is 1.86 bits per heavy atom. The summed E-state index contributed by atoms with van der Waals surface area (Å²) in [5, 5.41) is 0. The maximum atomic E-state index is 12.6. The van der Waals surface area contributed by atoms with Gasteiger partial charge in [0, 0.05) is 24.3 Å². The number of hydrogen-bond donors (Lipinski definition) is 0. The highest BCUT2D eigenvalue weighted by molar-refractivity contribution is 6.00. The van der Waals surface area contributed by atoms with Crippen LogP contribution in [0.25, 0.3) is 0 Å². The van der Waals surface area contributed by atoms with E-state index < -0.39 is 0 Å². The summed E-state index contributed by atoms with van der Waals surface area (Å²) in [4.78, 5) is 24.6. The number of aryl methyl sites for hydroxylation is 1. The highest BCUT2D eigenvalue weighted by Crippen LogP contribution is 2.46. The lowest BCUT2D eigenvalue weighted by Gasteiger charge is -2.37. The summed E-state index contributed by atoms with van der Waals surface area (Å²) in [5.74, 6) is 0.348. The first-order chi connectivity index (χ1) is 9.87. The first kappa shape index (κ1) is 14.1. The van der Waals surface area contributed by atoms with Crippen LogP contribution in [-0.2, 0) is 14.3 Å². The van der Waals surface area contributed by atoms with Gasteiger partial charge in [-0.05, 0) is 23.5 Å². The van der Waals surface area contributed by atoms with Gasteiger partial charge in [0.25, 0.3) is 0 Å². The van der Waals surface area contributed by atoms with E-state index in [0.29, 0.717) is 18.6 Å². The van der Waals surface area contributed by atoms with Crippen LogP contribution >= 0.6 is 0 Å². The third kappa shape index (κ3) is 2.53. The molecule has 3 nitrogen and oxygen atoms in total. The van der Waals surface area contributed by atoms with Crippen LogP contribution in [-0.4, -0.2) is 11.8 Å². The largest absolute Gasteiger partial charge is 0.431 e. The average Bonchev–Trinajstić information content (AvgIpc) is 2.36. The average molecular weight is 284 g/mol. The molecule has 0 aromatic heterocycles. The monoisotopic (exact) mass is 284 g/mol. The van der Waals surface area contributed by atoms with Gasteiger partial charge in [-0.25, -0.2) is 0 Å². The molecule has 0 radical (unpaired) electrons. The fourth-order valence-corrected chi connectivity index (χ4v) is 3.45. The van der Waals surface area contributed by atoms with Crippen molar-refractivity contribution in [1.29, 1.82) is 0 Å². The van der Waals surface area contributed by atoms with Gasteiger partial charge in [0.15, 0.2) is 5.78 Å². The van der Waals surface area contributed by atoms with E-state index in [4.69, 9.17) is 4.74 Å². The number of esters is 1. The third-order valence-corrected chi connectivity index (χ3v) is 4.40. The zero-order chi connectivity index (χ0) is 15.2. The molecule has 0 bridgehead atoms. The van der Waals surface area contributed by atoms with Gasteiger partial charge in [-0.1, -0.05) is 38.1 Å². The molecule has 2 aliphatic rings. The first-order valence-corrected chi connectivity index (χ1v) is 7.40. The van der Waals surface area contributed by atoms with Crippen molar-refractivity contribution < 1.29 is 14.3 Å². The number of ether oxygens (including phenoxy) is 1. The van der Waals surface area contributed by atoms with E-state index in [-0.39, 0.29) is 29.5 Å². The SMILES string of the molecule is Cc1ccccc1C1CC(=O)OC2=C1C(=O)CC(C)(C)C2. The topological polar surface area (TPSA) is 43.4 Å². The van der Waals surface area contributed by atoms with Crippen molar-refractivity contribution in [2.45, 2.75) is 46.0 Å². The molecule has 1 aliphatic heterocycles. The van der Waals surface area contributed by atoms with Crippen LogP contribution < -0.4 is 0 Å². The number of benzene rings is 1. The van der Waals surface area contributed by atoms with E-state index in [9.17, 15) is 9.59 Å². The Labute approximate surface area is 125 Å². The predicted octanol–water partition coefficient (Wildman–Crippen LogP) is 3.67. The molecule has 21 heavy (non-hydrogen) atoms. The van der Waals surface area contributed by atoms with Crippen LogP contribution in [0.4, 0.5) is 0 Å². The lowest BCUT2D eigenvalue weighted by atomic mass is 9.70. The minimum absolute atomic E-state index is 0.127. The van der Waals surface area contributed by atoms with E-state index in [1.54, 1.807) is 0 Å². The fourth-order valence-electron chi connectivity index (χ4n) is 3.45. The molecule has 1 aromatic rings. The summed E-state index contributed by atoms with van der Waals surface area (Å²) in [6, 6.07) is 7.96. The van der Waals surface area contributed by atoms with E-state index in [1.165, 1.54) is 0 Å². The summed E-state index contributed by atoms with van der Waals surface area (Å²) in [6.07, 6.45) is 1.43. The molecule has 0 spiro atoms. The molecular formula is C18H20O3. The Bertz CT molecular complexity index is 652. The quantitative estimate of drug-likeness (QED) is 0.739. The highest BCUT2D eigenvalue weighted by atomic mass is 16.5. The number of hydrogen-bond acceptors (Lipinski definition) is 3. The van der Waals surface area contributed by atoms with Crippen molar-refractivity contribution in [2.24, 2.45) is 5.41 Å². The van der Waals surface area contributed by atoms with E-state index in [1.807, 2.05) is 45.0 Å². The minimum atomic E-state index is -0.229. The van der Waals surface area contributed by atoms with Crippen LogP contribution in [0.5, 0.6) is 0 Å². The number of carbonyl (C=O) groups is 2. The van der Waals surface area contributed by atoms with Crippen LogP contribution in [0.3, 0.4) is 0 Å². The lowest BCUT2D eigenvalue weighted by molar-refractivity contribution is -0.142. The Hall–Kier alpha value is -1.90. The Balaban J connectivity index is 2.11. The second-order valence-corrected chi connectivity index (χ2v) is 6.87. The minimum Gasteiger partial charge on any atom is -0.431 e.